The third-order valence-corrected chi connectivity index (χ3v) is 3.59. The van der Waals surface area contributed by atoms with Crippen LogP contribution in [0, 0.1) is 0 Å². The molecule has 0 bridgehead atoms. The van der Waals surface area contributed by atoms with Crippen molar-refractivity contribution in [2.45, 2.75) is 39.7 Å². The van der Waals surface area contributed by atoms with Crippen molar-refractivity contribution in [1.29, 1.82) is 0 Å². The highest BCUT2D eigenvalue weighted by Gasteiger charge is 2.15. The van der Waals surface area contributed by atoms with Gasteiger partial charge in [0.1, 0.15) is 6.54 Å². The second kappa shape index (κ2) is 8.76. The summed E-state index contributed by atoms with van der Waals surface area (Å²) < 4.78 is 0.988. The molecule has 0 saturated heterocycles. The minimum absolute atomic E-state index is 0.601. The van der Waals surface area contributed by atoms with Crippen LogP contribution in [0.2, 0.25) is 0 Å². The number of aliphatic imine (C=N–C) groups is 2. The summed E-state index contributed by atoms with van der Waals surface area (Å²) in [7, 11) is 4.56. The highest BCUT2D eigenvalue weighted by Crippen LogP contribution is 2.17. The van der Waals surface area contributed by atoms with Gasteiger partial charge in [0.15, 0.2) is 0 Å². The maximum Gasteiger partial charge on any atom is 0.104 e. The predicted molar refractivity (Wildman–Crippen MR) is 91.1 cm³/mol. The van der Waals surface area contributed by atoms with E-state index in [9.17, 15) is 0 Å². The van der Waals surface area contributed by atoms with Gasteiger partial charge in [-0.15, -0.1) is 0 Å². The normalized spacial score (nSPS) is 11.3. The van der Waals surface area contributed by atoms with Gasteiger partial charge in [-0.05, 0) is 18.4 Å². The van der Waals surface area contributed by atoms with Gasteiger partial charge in [-0.2, -0.15) is 0 Å². The Kier molecular flexibility index (Phi) is 7.35. The van der Waals surface area contributed by atoms with E-state index in [1.54, 1.807) is 0 Å². The average molecular weight is 288 g/mol. The van der Waals surface area contributed by atoms with Gasteiger partial charge in [0.2, 0.25) is 0 Å². The highest BCUT2D eigenvalue weighted by molar-refractivity contribution is 5.40. The zero-order valence-electron chi connectivity index (χ0n) is 14.3. The van der Waals surface area contributed by atoms with Crippen molar-refractivity contribution >= 4 is 6.01 Å². The smallest absolute Gasteiger partial charge is 0.104 e. The summed E-state index contributed by atoms with van der Waals surface area (Å²) in [5, 5.41) is 0. The Morgan fingerprint density at radius 1 is 1.10 bits per heavy atom. The topological polar surface area (TPSA) is 24.7 Å². The number of hydrogen-bond acceptors (Lipinski definition) is 2. The Labute approximate surface area is 130 Å². The SMILES string of the molecule is CCN=C=NCCC[N+](C)(C)Cc1ccc(C(C)C)cc1. The third kappa shape index (κ3) is 7.22. The van der Waals surface area contributed by atoms with E-state index in [1.165, 1.54) is 11.1 Å². The van der Waals surface area contributed by atoms with Crippen molar-refractivity contribution in [2.24, 2.45) is 9.98 Å². The Balaban J connectivity index is 2.46. The van der Waals surface area contributed by atoms with Gasteiger partial charge in [-0.3, -0.25) is 0 Å². The third-order valence-electron chi connectivity index (χ3n) is 3.59. The van der Waals surface area contributed by atoms with E-state index in [0.717, 1.165) is 37.1 Å². The van der Waals surface area contributed by atoms with Gasteiger partial charge >= 0.3 is 0 Å². The van der Waals surface area contributed by atoms with Crippen molar-refractivity contribution in [1.82, 2.24) is 0 Å². The molecule has 21 heavy (non-hydrogen) atoms. The molecule has 116 valence electrons. The van der Waals surface area contributed by atoms with Gasteiger partial charge in [0.05, 0.1) is 33.2 Å². The fourth-order valence-corrected chi connectivity index (χ4v) is 2.33. The van der Waals surface area contributed by atoms with Crippen LogP contribution in [-0.4, -0.2) is 44.2 Å². The Morgan fingerprint density at radius 3 is 2.33 bits per heavy atom. The van der Waals surface area contributed by atoms with Crippen molar-refractivity contribution in [2.75, 3.05) is 33.7 Å². The second-order valence-corrected chi connectivity index (χ2v) is 6.52. The lowest BCUT2D eigenvalue weighted by atomic mass is 10.0. The standard InChI is InChI=1S/C18H30N3/c1-6-19-15-20-12-7-13-21(4,5)14-17-8-10-18(11-9-17)16(2)3/h8-11,16H,6-7,12-14H2,1-5H3/q+1. The fourth-order valence-electron chi connectivity index (χ4n) is 2.33. The second-order valence-electron chi connectivity index (χ2n) is 6.52. The van der Waals surface area contributed by atoms with Gasteiger partial charge in [0.25, 0.3) is 0 Å². The molecule has 0 atom stereocenters. The molecular weight excluding hydrogens is 258 g/mol. The quantitative estimate of drug-likeness (QED) is 0.393. The lowest BCUT2D eigenvalue weighted by Crippen LogP contribution is -2.39. The van der Waals surface area contributed by atoms with E-state index in [4.69, 9.17) is 0 Å². The van der Waals surface area contributed by atoms with Crippen LogP contribution in [-0.2, 0) is 6.54 Å². The summed E-state index contributed by atoms with van der Waals surface area (Å²) in [6.45, 7) is 10.2. The molecule has 0 heterocycles. The molecule has 0 fully saturated rings. The lowest BCUT2D eigenvalue weighted by Gasteiger charge is -2.29. The summed E-state index contributed by atoms with van der Waals surface area (Å²) in [5.41, 5.74) is 2.81. The molecule has 0 aromatic heterocycles. The highest BCUT2D eigenvalue weighted by atomic mass is 15.3. The predicted octanol–water partition coefficient (Wildman–Crippen LogP) is 3.97. The number of nitrogens with zero attached hydrogens (tertiary/aromatic N) is 3. The average Bonchev–Trinajstić information content (AvgIpc) is 2.43. The van der Waals surface area contributed by atoms with E-state index >= 15 is 0 Å². The molecule has 0 saturated carbocycles. The Bertz CT molecular complexity index is 466. The largest absolute Gasteiger partial charge is 0.325 e. The van der Waals surface area contributed by atoms with Crippen molar-refractivity contribution < 1.29 is 4.48 Å². The van der Waals surface area contributed by atoms with Gasteiger partial charge in [-0.1, -0.05) is 38.1 Å². The molecule has 0 aliphatic heterocycles. The van der Waals surface area contributed by atoms with Gasteiger partial charge in [-0.25, -0.2) is 9.98 Å². The summed E-state index contributed by atoms with van der Waals surface area (Å²) in [4.78, 5) is 8.15. The first-order valence-corrected chi connectivity index (χ1v) is 7.93. The molecular formula is C18H30N3+. The molecule has 0 aliphatic carbocycles. The van der Waals surface area contributed by atoms with Crippen molar-refractivity contribution in [3.8, 4) is 0 Å². The van der Waals surface area contributed by atoms with Crippen molar-refractivity contribution in [3.05, 3.63) is 35.4 Å². The summed E-state index contributed by atoms with van der Waals surface area (Å²) >= 11 is 0. The summed E-state index contributed by atoms with van der Waals surface area (Å²) in [6.07, 6.45) is 1.07. The van der Waals surface area contributed by atoms with Crippen LogP contribution < -0.4 is 0 Å². The van der Waals surface area contributed by atoms with Crippen LogP contribution in [0.4, 0.5) is 0 Å². The van der Waals surface area contributed by atoms with Crippen LogP contribution in [0.25, 0.3) is 0 Å². The van der Waals surface area contributed by atoms with E-state index in [1.807, 2.05) is 6.92 Å². The fraction of sp³-hybridized carbons (Fsp3) is 0.611. The van der Waals surface area contributed by atoms with E-state index < -0.39 is 0 Å². The first-order chi connectivity index (χ1) is 9.94. The monoisotopic (exact) mass is 288 g/mol. The number of rotatable bonds is 8. The molecule has 0 aliphatic rings. The molecule has 1 aromatic carbocycles. The van der Waals surface area contributed by atoms with Crippen LogP contribution in [0.15, 0.2) is 34.3 Å². The van der Waals surface area contributed by atoms with Gasteiger partial charge < -0.3 is 4.48 Å². The molecule has 0 amide bonds. The molecule has 0 N–H and O–H groups in total. The minimum atomic E-state index is 0.601. The molecule has 1 aromatic rings. The Hall–Kier alpha value is -1.44. The van der Waals surface area contributed by atoms with Gasteiger partial charge in [0, 0.05) is 18.5 Å². The van der Waals surface area contributed by atoms with Crippen LogP contribution in [0.3, 0.4) is 0 Å². The van der Waals surface area contributed by atoms with Crippen LogP contribution in [0.5, 0.6) is 0 Å². The first-order valence-electron chi connectivity index (χ1n) is 7.93. The van der Waals surface area contributed by atoms with E-state index in [2.05, 4.69) is 68.2 Å². The minimum Gasteiger partial charge on any atom is -0.325 e. The molecule has 0 unspecified atom stereocenters. The number of quaternary nitrogens is 1. The lowest BCUT2D eigenvalue weighted by molar-refractivity contribution is -0.903. The molecule has 3 nitrogen and oxygen atoms in total. The first kappa shape index (κ1) is 17.6. The van der Waals surface area contributed by atoms with Crippen LogP contribution >= 0.6 is 0 Å². The zero-order valence-corrected chi connectivity index (χ0v) is 14.3. The Morgan fingerprint density at radius 2 is 1.76 bits per heavy atom. The van der Waals surface area contributed by atoms with E-state index in [-0.39, 0.29) is 0 Å². The number of benzene rings is 1. The molecule has 3 heteroatoms. The number of hydrogen-bond donors (Lipinski definition) is 0. The van der Waals surface area contributed by atoms with Crippen LogP contribution in [0.1, 0.15) is 44.2 Å². The molecule has 0 radical (unpaired) electrons. The maximum absolute atomic E-state index is 4.18. The molecule has 0 spiro atoms. The molecule has 1 rings (SSSR count). The van der Waals surface area contributed by atoms with Crippen molar-refractivity contribution in [3.63, 3.8) is 0 Å². The maximum atomic E-state index is 4.18. The zero-order chi connectivity index (χ0) is 15.7. The summed E-state index contributed by atoms with van der Waals surface area (Å²) in [6, 6.07) is 11.8. The van der Waals surface area contributed by atoms with E-state index in [0.29, 0.717) is 5.92 Å². The summed E-state index contributed by atoms with van der Waals surface area (Å²) in [5.74, 6) is 0.601.